The van der Waals surface area contributed by atoms with Gasteiger partial charge in [-0.25, -0.2) is 0 Å². The smallest absolute Gasteiger partial charge is 0.123 e. The number of likely N-dealkylation sites (tertiary alicyclic amines) is 1. The first-order chi connectivity index (χ1) is 7.25. The number of hydrogen-bond donors (Lipinski definition) is 2. The van der Waals surface area contributed by atoms with E-state index in [0.29, 0.717) is 0 Å². The molecule has 3 nitrogen and oxygen atoms in total. The minimum Gasteiger partial charge on any atom is -0.508 e. The van der Waals surface area contributed by atoms with Crippen LogP contribution in [0.1, 0.15) is 24.8 Å². The lowest BCUT2D eigenvalue weighted by molar-refractivity contribution is 0.218. The second-order valence-corrected chi connectivity index (χ2v) is 4.15. The molecule has 82 valence electrons. The Kier molecular flexibility index (Phi) is 3.11. The van der Waals surface area contributed by atoms with E-state index < -0.39 is 0 Å². The third-order valence-electron chi connectivity index (χ3n) is 2.91. The summed E-state index contributed by atoms with van der Waals surface area (Å²) in [6.45, 7) is 3.01. The van der Waals surface area contributed by atoms with Crippen LogP contribution < -0.4 is 0 Å². The number of phenols is 2. The van der Waals surface area contributed by atoms with Gasteiger partial charge >= 0.3 is 0 Å². The molecule has 0 radical (unpaired) electrons. The molecular formula is C12H17NO2. The molecule has 1 saturated heterocycles. The van der Waals surface area contributed by atoms with Crippen molar-refractivity contribution in [3.05, 3.63) is 23.8 Å². The van der Waals surface area contributed by atoms with Crippen molar-refractivity contribution >= 4 is 0 Å². The van der Waals surface area contributed by atoms with E-state index in [4.69, 9.17) is 5.11 Å². The van der Waals surface area contributed by atoms with Crippen molar-refractivity contribution in [3.8, 4) is 11.5 Å². The van der Waals surface area contributed by atoms with Crippen LogP contribution in [0.4, 0.5) is 0 Å². The summed E-state index contributed by atoms with van der Waals surface area (Å²) in [5.74, 6) is 0.315. The Morgan fingerprint density at radius 2 is 1.80 bits per heavy atom. The molecule has 1 aliphatic rings. The highest BCUT2D eigenvalue weighted by Crippen LogP contribution is 2.24. The number of piperidine rings is 1. The maximum absolute atomic E-state index is 9.64. The van der Waals surface area contributed by atoms with Crippen molar-refractivity contribution in [1.82, 2.24) is 4.90 Å². The van der Waals surface area contributed by atoms with Crippen molar-refractivity contribution in [2.45, 2.75) is 25.8 Å². The molecule has 3 heteroatoms. The molecule has 0 saturated carbocycles. The van der Waals surface area contributed by atoms with Crippen LogP contribution in [-0.2, 0) is 6.54 Å². The Bertz CT molecular complexity index is 332. The van der Waals surface area contributed by atoms with E-state index in [2.05, 4.69) is 4.90 Å². The predicted molar refractivity (Wildman–Crippen MR) is 58.9 cm³/mol. The molecule has 0 unspecified atom stereocenters. The average Bonchev–Trinajstić information content (AvgIpc) is 2.24. The predicted octanol–water partition coefficient (Wildman–Crippen LogP) is 2.08. The fourth-order valence-electron chi connectivity index (χ4n) is 2.04. The van der Waals surface area contributed by atoms with Crippen molar-refractivity contribution in [2.24, 2.45) is 0 Å². The van der Waals surface area contributed by atoms with Crippen LogP contribution in [0.25, 0.3) is 0 Å². The average molecular weight is 207 g/mol. The van der Waals surface area contributed by atoms with Gasteiger partial charge < -0.3 is 10.2 Å². The Labute approximate surface area is 90.0 Å². The van der Waals surface area contributed by atoms with E-state index in [0.717, 1.165) is 25.2 Å². The largest absolute Gasteiger partial charge is 0.508 e. The topological polar surface area (TPSA) is 43.7 Å². The molecule has 2 N–H and O–H groups in total. The molecule has 1 aliphatic heterocycles. The highest BCUT2D eigenvalue weighted by Gasteiger charge is 2.12. The second kappa shape index (κ2) is 4.53. The number of benzene rings is 1. The second-order valence-electron chi connectivity index (χ2n) is 4.15. The van der Waals surface area contributed by atoms with Crippen LogP contribution in [0.15, 0.2) is 18.2 Å². The van der Waals surface area contributed by atoms with Gasteiger partial charge in [0.2, 0.25) is 0 Å². The van der Waals surface area contributed by atoms with Gasteiger partial charge in [-0.1, -0.05) is 12.5 Å². The molecule has 1 aromatic carbocycles. The van der Waals surface area contributed by atoms with E-state index in [1.54, 1.807) is 12.1 Å². The van der Waals surface area contributed by atoms with Crippen molar-refractivity contribution in [1.29, 1.82) is 0 Å². The summed E-state index contributed by atoms with van der Waals surface area (Å²) in [6.07, 6.45) is 3.82. The molecule has 1 heterocycles. The third-order valence-corrected chi connectivity index (χ3v) is 2.91. The highest BCUT2D eigenvalue weighted by atomic mass is 16.3. The molecular weight excluding hydrogens is 190 g/mol. The van der Waals surface area contributed by atoms with E-state index in [9.17, 15) is 5.11 Å². The minimum atomic E-state index is 0.120. The van der Waals surface area contributed by atoms with Crippen LogP contribution in [-0.4, -0.2) is 28.2 Å². The van der Waals surface area contributed by atoms with Gasteiger partial charge in [0, 0.05) is 18.2 Å². The van der Waals surface area contributed by atoms with Crippen molar-refractivity contribution in [3.63, 3.8) is 0 Å². The Morgan fingerprint density at radius 3 is 2.47 bits per heavy atom. The number of nitrogens with zero attached hydrogens (tertiary/aromatic N) is 1. The number of aromatic hydroxyl groups is 2. The van der Waals surface area contributed by atoms with E-state index in [1.165, 1.54) is 25.3 Å². The molecule has 0 amide bonds. The van der Waals surface area contributed by atoms with Crippen LogP contribution in [0, 0.1) is 0 Å². The minimum absolute atomic E-state index is 0.120. The summed E-state index contributed by atoms with van der Waals surface area (Å²) in [6, 6.07) is 4.82. The summed E-state index contributed by atoms with van der Waals surface area (Å²) in [5, 5.41) is 18.8. The Balaban J connectivity index is 2.03. The van der Waals surface area contributed by atoms with Gasteiger partial charge in [0.1, 0.15) is 11.5 Å². The summed E-state index contributed by atoms with van der Waals surface area (Å²) < 4.78 is 0. The normalized spacial score (nSPS) is 17.9. The first-order valence-corrected chi connectivity index (χ1v) is 5.49. The van der Waals surface area contributed by atoms with Crippen molar-refractivity contribution in [2.75, 3.05) is 13.1 Å². The van der Waals surface area contributed by atoms with Crippen LogP contribution in [0.5, 0.6) is 11.5 Å². The first-order valence-electron chi connectivity index (χ1n) is 5.49. The van der Waals surface area contributed by atoms with E-state index in [-0.39, 0.29) is 11.5 Å². The summed E-state index contributed by atoms with van der Waals surface area (Å²) in [5.41, 5.74) is 0.898. The SMILES string of the molecule is Oc1ccc(CN2CCCCC2)c(O)c1. The van der Waals surface area contributed by atoms with Crippen molar-refractivity contribution < 1.29 is 10.2 Å². The summed E-state index contributed by atoms with van der Waals surface area (Å²) >= 11 is 0. The molecule has 0 aromatic heterocycles. The maximum atomic E-state index is 9.64. The lowest BCUT2D eigenvalue weighted by Crippen LogP contribution is -2.29. The molecule has 1 aromatic rings. The zero-order valence-corrected chi connectivity index (χ0v) is 8.82. The van der Waals surface area contributed by atoms with Crippen LogP contribution in [0.2, 0.25) is 0 Å². The summed E-state index contributed by atoms with van der Waals surface area (Å²) in [4.78, 5) is 2.34. The third kappa shape index (κ3) is 2.63. The van der Waals surface area contributed by atoms with Crippen LogP contribution in [0.3, 0.4) is 0 Å². The van der Waals surface area contributed by atoms with Gasteiger partial charge in [-0.05, 0) is 32.0 Å². The molecule has 0 atom stereocenters. The van der Waals surface area contributed by atoms with Gasteiger partial charge in [0.15, 0.2) is 0 Å². The first kappa shape index (κ1) is 10.3. The summed E-state index contributed by atoms with van der Waals surface area (Å²) in [7, 11) is 0. The Morgan fingerprint density at radius 1 is 1.07 bits per heavy atom. The van der Waals surface area contributed by atoms with Gasteiger partial charge in [0.05, 0.1) is 0 Å². The standard InChI is InChI=1S/C12H17NO2/c14-11-5-4-10(12(15)8-11)9-13-6-2-1-3-7-13/h4-5,8,14-15H,1-3,6-7,9H2. The van der Waals surface area contributed by atoms with E-state index in [1.807, 2.05) is 0 Å². The zero-order valence-electron chi connectivity index (χ0n) is 8.82. The maximum Gasteiger partial charge on any atom is 0.123 e. The van der Waals surface area contributed by atoms with Gasteiger partial charge in [0.25, 0.3) is 0 Å². The van der Waals surface area contributed by atoms with Gasteiger partial charge in [-0.15, -0.1) is 0 Å². The zero-order chi connectivity index (χ0) is 10.7. The lowest BCUT2D eigenvalue weighted by atomic mass is 10.1. The number of rotatable bonds is 2. The molecule has 2 rings (SSSR count). The Hall–Kier alpha value is -1.22. The molecule has 0 aliphatic carbocycles. The number of hydrogen-bond acceptors (Lipinski definition) is 3. The number of phenolic OH excluding ortho intramolecular Hbond substituents is 2. The molecule has 0 bridgehead atoms. The van der Waals surface area contributed by atoms with Gasteiger partial charge in [-0.2, -0.15) is 0 Å². The fraction of sp³-hybridized carbons (Fsp3) is 0.500. The molecule has 1 fully saturated rings. The highest BCUT2D eigenvalue weighted by molar-refractivity contribution is 5.38. The lowest BCUT2D eigenvalue weighted by Gasteiger charge is -2.26. The monoisotopic (exact) mass is 207 g/mol. The van der Waals surface area contributed by atoms with Crippen LogP contribution >= 0.6 is 0 Å². The molecule has 15 heavy (non-hydrogen) atoms. The van der Waals surface area contributed by atoms with Gasteiger partial charge in [-0.3, -0.25) is 4.90 Å². The quantitative estimate of drug-likeness (QED) is 0.780. The fourth-order valence-corrected chi connectivity index (χ4v) is 2.04. The van der Waals surface area contributed by atoms with E-state index >= 15 is 0 Å². The molecule has 0 spiro atoms.